The number of nitrogens with zero attached hydrogens (tertiary/aromatic N) is 3. The molecule has 0 aliphatic heterocycles. The Bertz CT molecular complexity index is 642. The van der Waals surface area contributed by atoms with Gasteiger partial charge in [-0.25, -0.2) is 18.9 Å². The number of esters is 1. The van der Waals surface area contributed by atoms with Crippen LogP contribution < -0.4 is 5.32 Å². The third kappa shape index (κ3) is 3.25. The van der Waals surface area contributed by atoms with Crippen LogP contribution in [0.3, 0.4) is 0 Å². The van der Waals surface area contributed by atoms with Crippen LogP contribution in [0, 0.1) is 5.82 Å². The van der Waals surface area contributed by atoms with E-state index in [0.29, 0.717) is 5.69 Å². The van der Waals surface area contributed by atoms with Gasteiger partial charge >= 0.3 is 5.97 Å². The summed E-state index contributed by atoms with van der Waals surface area (Å²) in [5.74, 6) is -0.979. The number of halogens is 1. The van der Waals surface area contributed by atoms with Crippen LogP contribution in [0.2, 0.25) is 0 Å². The predicted molar refractivity (Wildman–Crippen MR) is 74.7 cm³/mol. The Labute approximate surface area is 121 Å². The molecule has 1 unspecified atom stereocenters. The Balaban J connectivity index is 2.43. The topological polar surface area (TPSA) is 69.0 Å². The van der Waals surface area contributed by atoms with Crippen LogP contribution in [0.4, 0.5) is 4.39 Å². The summed E-state index contributed by atoms with van der Waals surface area (Å²) in [7, 11) is 1.26. The average molecular weight is 292 g/mol. The number of nitrogens with one attached hydrogen (secondary N) is 1. The van der Waals surface area contributed by atoms with E-state index in [9.17, 15) is 9.18 Å². The summed E-state index contributed by atoms with van der Waals surface area (Å²) in [6.07, 6.45) is 1.40. The molecule has 1 atom stereocenters. The summed E-state index contributed by atoms with van der Waals surface area (Å²) < 4.78 is 19.5. The van der Waals surface area contributed by atoms with Crippen LogP contribution in [-0.2, 0) is 4.74 Å². The van der Waals surface area contributed by atoms with Crippen LogP contribution in [0.25, 0.3) is 5.69 Å². The molecule has 0 saturated heterocycles. The maximum atomic E-state index is 13.5. The van der Waals surface area contributed by atoms with Crippen LogP contribution in [-0.4, -0.2) is 34.4 Å². The number of carbonyl (C=O) groups is 1. The zero-order valence-electron chi connectivity index (χ0n) is 12.1. The molecule has 0 saturated carbocycles. The molecule has 1 aromatic carbocycles. The van der Waals surface area contributed by atoms with Gasteiger partial charge in [0.15, 0.2) is 0 Å². The predicted octanol–water partition coefficient (Wildman–Crippen LogP) is 1.86. The van der Waals surface area contributed by atoms with Crippen molar-refractivity contribution < 1.29 is 13.9 Å². The van der Waals surface area contributed by atoms with Gasteiger partial charge < -0.3 is 10.1 Å². The van der Waals surface area contributed by atoms with E-state index in [-0.39, 0.29) is 17.7 Å². The van der Waals surface area contributed by atoms with Gasteiger partial charge in [0.2, 0.25) is 0 Å². The number of methoxy groups -OCH3 is 1. The fraction of sp³-hybridized carbons (Fsp3) is 0.357. The molecule has 112 valence electrons. The number of aromatic nitrogens is 3. The Morgan fingerprint density at radius 2 is 2.29 bits per heavy atom. The number of benzene rings is 1. The molecule has 1 N–H and O–H groups in total. The first-order valence-electron chi connectivity index (χ1n) is 6.60. The second-order valence-electron chi connectivity index (χ2n) is 4.49. The molecule has 2 rings (SSSR count). The van der Waals surface area contributed by atoms with Gasteiger partial charge in [0.05, 0.1) is 12.8 Å². The molecule has 1 heterocycles. The lowest BCUT2D eigenvalue weighted by Gasteiger charge is -2.17. The van der Waals surface area contributed by atoms with E-state index in [1.54, 1.807) is 6.07 Å². The van der Waals surface area contributed by atoms with Crippen LogP contribution >= 0.6 is 0 Å². The molecule has 6 nitrogen and oxygen atoms in total. The highest BCUT2D eigenvalue weighted by molar-refractivity contribution is 5.84. The Morgan fingerprint density at radius 1 is 1.52 bits per heavy atom. The van der Waals surface area contributed by atoms with Gasteiger partial charge in [0.1, 0.15) is 12.1 Å². The lowest BCUT2D eigenvalue weighted by molar-refractivity contribution is 0.0587. The van der Waals surface area contributed by atoms with E-state index < -0.39 is 5.97 Å². The van der Waals surface area contributed by atoms with Gasteiger partial charge in [-0.1, -0.05) is 6.92 Å². The monoisotopic (exact) mass is 292 g/mol. The highest BCUT2D eigenvalue weighted by Crippen LogP contribution is 2.22. The standard InChI is InChI=1S/C14H17FN4O2/c1-4-16-9(2)11-7-10(15)5-6-12(11)19-8-17-13(18-19)14(20)21-3/h5-9,16H,4H2,1-3H3. The molecular weight excluding hydrogens is 275 g/mol. The lowest BCUT2D eigenvalue weighted by Crippen LogP contribution is -2.20. The number of carbonyl (C=O) groups excluding carboxylic acids is 1. The molecule has 0 amide bonds. The minimum absolute atomic E-state index is 0.0381. The van der Waals surface area contributed by atoms with Gasteiger partial charge in [-0.15, -0.1) is 5.10 Å². The highest BCUT2D eigenvalue weighted by atomic mass is 19.1. The summed E-state index contributed by atoms with van der Waals surface area (Å²) in [6.45, 7) is 4.65. The van der Waals surface area contributed by atoms with Crippen LogP contribution in [0.15, 0.2) is 24.5 Å². The van der Waals surface area contributed by atoms with Crippen molar-refractivity contribution in [2.75, 3.05) is 13.7 Å². The van der Waals surface area contributed by atoms with Gasteiger partial charge in [-0.3, -0.25) is 0 Å². The lowest BCUT2D eigenvalue weighted by atomic mass is 10.1. The van der Waals surface area contributed by atoms with Crippen molar-refractivity contribution in [2.45, 2.75) is 19.9 Å². The van der Waals surface area contributed by atoms with E-state index in [2.05, 4.69) is 20.1 Å². The molecule has 7 heteroatoms. The molecule has 2 aromatic rings. The van der Waals surface area contributed by atoms with E-state index >= 15 is 0 Å². The zero-order valence-corrected chi connectivity index (χ0v) is 12.1. The summed E-state index contributed by atoms with van der Waals surface area (Å²) in [4.78, 5) is 15.3. The average Bonchev–Trinajstić information content (AvgIpc) is 2.96. The first-order valence-corrected chi connectivity index (χ1v) is 6.60. The normalized spacial score (nSPS) is 12.2. The van der Waals surface area contributed by atoms with E-state index in [1.165, 1.54) is 30.3 Å². The first kappa shape index (κ1) is 15.1. The quantitative estimate of drug-likeness (QED) is 0.852. The second kappa shape index (κ2) is 6.45. The van der Waals surface area contributed by atoms with Gasteiger partial charge in [-0.2, -0.15) is 0 Å². The Kier molecular flexibility index (Phi) is 4.64. The first-order chi connectivity index (χ1) is 10.1. The van der Waals surface area contributed by atoms with E-state index in [4.69, 9.17) is 0 Å². The van der Waals surface area contributed by atoms with Crippen molar-refractivity contribution in [2.24, 2.45) is 0 Å². The molecule has 0 spiro atoms. The van der Waals surface area contributed by atoms with Gasteiger partial charge in [0, 0.05) is 6.04 Å². The van der Waals surface area contributed by atoms with Gasteiger partial charge in [0.25, 0.3) is 5.82 Å². The molecule has 0 radical (unpaired) electrons. The molecule has 0 fully saturated rings. The van der Waals surface area contributed by atoms with Crippen molar-refractivity contribution in [1.29, 1.82) is 0 Å². The minimum Gasteiger partial charge on any atom is -0.463 e. The SMILES string of the molecule is CCNC(C)c1cc(F)ccc1-n1cnc(C(=O)OC)n1. The fourth-order valence-electron chi connectivity index (χ4n) is 2.06. The van der Waals surface area contributed by atoms with Crippen molar-refractivity contribution in [1.82, 2.24) is 20.1 Å². The smallest absolute Gasteiger partial charge is 0.377 e. The number of hydrogen-bond acceptors (Lipinski definition) is 5. The number of rotatable bonds is 5. The van der Waals surface area contributed by atoms with Crippen LogP contribution in [0.1, 0.15) is 36.1 Å². The van der Waals surface area contributed by atoms with Gasteiger partial charge in [-0.05, 0) is 37.2 Å². The Morgan fingerprint density at radius 3 is 2.95 bits per heavy atom. The van der Waals surface area contributed by atoms with E-state index in [1.807, 2.05) is 13.8 Å². The summed E-state index contributed by atoms with van der Waals surface area (Å²) >= 11 is 0. The minimum atomic E-state index is -0.614. The molecule has 0 aliphatic carbocycles. The maximum absolute atomic E-state index is 13.5. The number of ether oxygens (including phenoxy) is 1. The number of hydrogen-bond donors (Lipinski definition) is 1. The zero-order chi connectivity index (χ0) is 15.4. The molecule has 1 aromatic heterocycles. The Hall–Kier alpha value is -2.28. The second-order valence-corrected chi connectivity index (χ2v) is 4.49. The fourth-order valence-corrected chi connectivity index (χ4v) is 2.06. The highest BCUT2D eigenvalue weighted by Gasteiger charge is 2.16. The van der Waals surface area contributed by atoms with Crippen molar-refractivity contribution >= 4 is 5.97 Å². The third-order valence-corrected chi connectivity index (χ3v) is 3.07. The maximum Gasteiger partial charge on any atom is 0.377 e. The van der Waals surface area contributed by atoms with Crippen molar-refractivity contribution in [3.05, 3.63) is 41.7 Å². The summed E-state index contributed by atoms with van der Waals surface area (Å²) in [5, 5.41) is 7.28. The molecule has 21 heavy (non-hydrogen) atoms. The van der Waals surface area contributed by atoms with Crippen LogP contribution in [0.5, 0.6) is 0 Å². The van der Waals surface area contributed by atoms with Crippen molar-refractivity contribution in [3.63, 3.8) is 0 Å². The molecule has 0 aliphatic rings. The van der Waals surface area contributed by atoms with E-state index in [0.717, 1.165) is 12.1 Å². The largest absolute Gasteiger partial charge is 0.463 e. The molecule has 0 bridgehead atoms. The summed E-state index contributed by atoms with van der Waals surface area (Å²) in [5.41, 5.74) is 1.39. The van der Waals surface area contributed by atoms with Crippen molar-refractivity contribution in [3.8, 4) is 5.69 Å². The third-order valence-electron chi connectivity index (χ3n) is 3.07. The summed E-state index contributed by atoms with van der Waals surface area (Å²) in [6, 6.07) is 4.33. The molecular formula is C14H17FN4O2.